The van der Waals surface area contributed by atoms with Gasteiger partial charge in [-0.1, -0.05) is 18.1 Å². The zero-order valence-corrected chi connectivity index (χ0v) is 11.5. The van der Waals surface area contributed by atoms with E-state index in [0.29, 0.717) is 11.3 Å². The standard InChI is InChI=1S/C15H15NO5/c1-3-9-16-13(17)10-21-15-11(7-8-14(18)19)5-4-6-12(15)20-2/h1,4-8H,9-10H2,2H3,(H,16,17)(H,18,19)/b8-7+. The van der Waals surface area contributed by atoms with E-state index in [1.165, 1.54) is 13.2 Å². The van der Waals surface area contributed by atoms with Gasteiger partial charge in [0.05, 0.1) is 13.7 Å². The molecule has 0 unspecified atom stereocenters. The van der Waals surface area contributed by atoms with Crippen LogP contribution in [0, 0.1) is 12.3 Å². The molecule has 0 bridgehead atoms. The SMILES string of the molecule is C#CCNC(=O)COc1c(/C=C/C(=O)O)cccc1OC. The van der Waals surface area contributed by atoms with Gasteiger partial charge in [-0.05, 0) is 12.1 Å². The van der Waals surface area contributed by atoms with Crippen molar-refractivity contribution in [3.63, 3.8) is 0 Å². The normalized spacial score (nSPS) is 9.90. The number of ether oxygens (including phenoxy) is 2. The van der Waals surface area contributed by atoms with Crippen molar-refractivity contribution in [3.8, 4) is 23.8 Å². The molecule has 0 aliphatic heterocycles. The lowest BCUT2D eigenvalue weighted by molar-refractivity contribution is -0.131. The summed E-state index contributed by atoms with van der Waals surface area (Å²) in [6, 6.07) is 4.98. The van der Waals surface area contributed by atoms with Crippen LogP contribution in [0.4, 0.5) is 0 Å². The van der Waals surface area contributed by atoms with Gasteiger partial charge in [0.1, 0.15) is 0 Å². The Labute approximate surface area is 122 Å². The molecule has 0 aliphatic rings. The second kappa shape index (κ2) is 8.27. The van der Waals surface area contributed by atoms with Crippen LogP contribution >= 0.6 is 0 Å². The van der Waals surface area contributed by atoms with E-state index in [0.717, 1.165) is 6.08 Å². The van der Waals surface area contributed by atoms with Crippen LogP contribution in [0.25, 0.3) is 6.08 Å². The van der Waals surface area contributed by atoms with E-state index in [1.54, 1.807) is 18.2 Å². The molecule has 0 saturated carbocycles. The summed E-state index contributed by atoms with van der Waals surface area (Å²) in [6.07, 6.45) is 7.36. The summed E-state index contributed by atoms with van der Waals surface area (Å²) in [6.45, 7) is -0.143. The number of terminal acetylenes is 1. The minimum atomic E-state index is -1.09. The third-order valence-corrected chi connectivity index (χ3v) is 2.37. The molecule has 0 spiro atoms. The van der Waals surface area contributed by atoms with Crippen molar-refractivity contribution in [1.29, 1.82) is 0 Å². The molecule has 0 fully saturated rings. The van der Waals surface area contributed by atoms with Crippen molar-refractivity contribution in [2.75, 3.05) is 20.3 Å². The molecule has 0 heterocycles. The largest absolute Gasteiger partial charge is 0.493 e. The summed E-state index contributed by atoms with van der Waals surface area (Å²) in [5.74, 6) is 1.49. The van der Waals surface area contributed by atoms with E-state index in [-0.39, 0.29) is 24.8 Å². The summed E-state index contributed by atoms with van der Waals surface area (Å²) >= 11 is 0. The fourth-order valence-corrected chi connectivity index (χ4v) is 1.48. The number of rotatable bonds is 7. The highest BCUT2D eigenvalue weighted by Gasteiger charge is 2.11. The van der Waals surface area contributed by atoms with Gasteiger partial charge < -0.3 is 19.9 Å². The highest BCUT2D eigenvalue weighted by molar-refractivity contribution is 5.86. The molecule has 110 valence electrons. The minimum Gasteiger partial charge on any atom is -0.493 e. The van der Waals surface area contributed by atoms with E-state index < -0.39 is 5.97 Å². The molecule has 6 heteroatoms. The number of hydrogen-bond acceptors (Lipinski definition) is 4. The zero-order chi connectivity index (χ0) is 15.7. The number of methoxy groups -OCH3 is 1. The lowest BCUT2D eigenvalue weighted by atomic mass is 10.1. The van der Waals surface area contributed by atoms with Crippen molar-refractivity contribution in [2.45, 2.75) is 0 Å². The van der Waals surface area contributed by atoms with E-state index in [4.69, 9.17) is 21.0 Å². The molecular weight excluding hydrogens is 274 g/mol. The highest BCUT2D eigenvalue weighted by Crippen LogP contribution is 2.31. The van der Waals surface area contributed by atoms with Gasteiger partial charge in [-0.25, -0.2) is 4.79 Å². The predicted octanol–water partition coefficient (Wildman–Crippen LogP) is 0.921. The molecule has 0 aromatic heterocycles. The lowest BCUT2D eigenvalue weighted by Gasteiger charge is -2.12. The van der Waals surface area contributed by atoms with Crippen molar-refractivity contribution < 1.29 is 24.2 Å². The van der Waals surface area contributed by atoms with E-state index in [9.17, 15) is 9.59 Å². The number of amides is 1. The van der Waals surface area contributed by atoms with Crippen LogP contribution in [0.5, 0.6) is 11.5 Å². The Morgan fingerprint density at radius 3 is 2.86 bits per heavy atom. The van der Waals surface area contributed by atoms with E-state index in [1.807, 2.05) is 0 Å². The first-order valence-corrected chi connectivity index (χ1v) is 5.99. The molecule has 6 nitrogen and oxygen atoms in total. The Morgan fingerprint density at radius 1 is 1.48 bits per heavy atom. The zero-order valence-electron chi connectivity index (χ0n) is 11.5. The maximum absolute atomic E-state index is 11.5. The molecule has 2 N–H and O–H groups in total. The van der Waals surface area contributed by atoms with Gasteiger partial charge in [0, 0.05) is 11.6 Å². The first-order chi connectivity index (χ1) is 10.1. The lowest BCUT2D eigenvalue weighted by Crippen LogP contribution is -2.29. The molecule has 0 atom stereocenters. The summed E-state index contributed by atoms with van der Waals surface area (Å²) < 4.78 is 10.5. The van der Waals surface area contributed by atoms with Gasteiger partial charge in [-0.15, -0.1) is 6.42 Å². The van der Waals surface area contributed by atoms with Crippen molar-refractivity contribution >= 4 is 18.0 Å². The van der Waals surface area contributed by atoms with Gasteiger partial charge in [0.15, 0.2) is 18.1 Å². The van der Waals surface area contributed by atoms with Gasteiger partial charge in [-0.3, -0.25) is 4.79 Å². The number of para-hydroxylation sites is 1. The van der Waals surface area contributed by atoms with Crippen LogP contribution in [-0.2, 0) is 9.59 Å². The van der Waals surface area contributed by atoms with Crippen LogP contribution in [-0.4, -0.2) is 37.2 Å². The fourth-order valence-electron chi connectivity index (χ4n) is 1.48. The Balaban J connectivity index is 2.90. The highest BCUT2D eigenvalue weighted by atomic mass is 16.5. The van der Waals surface area contributed by atoms with Crippen LogP contribution in [0.15, 0.2) is 24.3 Å². The van der Waals surface area contributed by atoms with Gasteiger partial charge in [0.2, 0.25) is 0 Å². The number of hydrogen-bond donors (Lipinski definition) is 2. The maximum Gasteiger partial charge on any atom is 0.328 e. The first-order valence-electron chi connectivity index (χ1n) is 5.99. The Morgan fingerprint density at radius 2 is 2.24 bits per heavy atom. The number of carbonyl (C=O) groups is 2. The second-order valence-electron chi connectivity index (χ2n) is 3.82. The van der Waals surface area contributed by atoms with Crippen molar-refractivity contribution in [2.24, 2.45) is 0 Å². The third kappa shape index (κ3) is 5.28. The Kier molecular flexibility index (Phi) is 6.35. The number of aliphatic carboxylic acids is 1. The molecule has 0 saturated heterocycles. The molecule has 0 radical (unpaired) electrons. The Hall–Kier alpha value is -2.94. The van der Waals surface area contributed by atoms with Crippen molar-refractivity contribution in [3.05, 3.63) is 29.8 Å². The monoisotopic (exact) mass is 289 g/mol. The second-order valence-corrected chi connectivity index (χ2v) is 3.82. The predicted molar refractivity (Wildman–Crippen MR) is 77.0 cm³/mol. The van der Waals surface area contributed by atoms with Crippen LogP contribution in [0.3, 0.4) is 0 Å². The van der Waals surface area contributed by atoms with E-state index >= 15 is 0 Å². The molecule has 1 amide bonds. The minimum absolute atomic E-state index is 0.111. The number of carboxylic acid groups (broad SMARTS) is 1. The third-order valence-electron chi connectivity index (χ3n) is 2.37. The number of carbonyl (C=O) groups excluding carboxylic acids is 1. The Bertz CT molecular complexity index is 586. The molecule has 0 aliphatic carbocycles. The number of benzene rings is 1. The maximum atomic E-state index is 11.5. The van der Waals surface area contributed by atoms with Crippen LogP contribution < -0.4 is 14.8 Å². The average Bonchev–Trinajstić information content (AvgIpc) is 2.48. The van der Waals surface area contributed by atoms with Gasteiger partial charge in [-0.2, -0.15) is 0 Å². The molecule has 1 aromatic carbocycles. The van der Waals surface area contributed by atoms with Crippen LogP contribution in [0.2, 0.25) is 0 Å². The summed E-state index contributed by atoms with van der Waals surface area (Å²) in [7, 11) is 1.45. The van der Waals surface area contributed by atoms with Gasteiger partial charge in [0.25, 0.3) is 5.91 Å². The molecular formula is C15H15NO5. The smallest absolute Gasteiger partial charge is 0.328 e. The van der Waals surface area contributed by atoms with E-state index in [2.05, 4.69) is 11.2 Å². The fraction of sp³-hybridized carbons (Fsp3) is 0.200. The summed E-state index contributed by atoms with van der Waals surface area (Å²) in [4.78, 5) is 22.0. The quantitative estimate of drug-likeness (QED) is 0.576. The average molecular weight is 289 g/mol. The number of nitrogens with one attached hydrogen (secondary N) is 1. The number of carboxylic acids is 1. The van der Waals surface area contributed by atoms with Crippen molar-refractivity contribution in [1.82, 2.24) is 5.32 Å². The molecule has 1 aromatic rings. The topological polar surface area (TPSA) is 84.9 Å². The molecule has 1 rings (SSSR count). The summed E-state index contributed by atoms with van der Waals surface area (Å²) in [5.41, 5.74) is 0.487. The van der Waals surface area contributed by atoms with Gasteiger partial charge >= 0.3 is 5.97 Å². The molecule has 21 heavy (non-hydrogen) atoms. The van der Waals surface area contributed by atoms with Crippen LogP contribution in [0.1, 0.15) is 5.56 Å². The first kappa shape index (κ1) is 16.1. The summed E-state index contributed by atoms with van der Waals surface area (Å²) in [5, 5.41) is 11.1.